The first-order valence-electron chi connectivity index (χ1n) is 10.5. The predicted octanol–water partition coefficient (Wildman–Crippen LogP) is 2.75. The van der Waals surface area contributed by atoms with Crippen LogP contribution in [0.25, 0.3) is 0 Å². The van der Waals surface area contributed by atoms with E-state index in [1.165, 1.54) is 11.1 Å². The number of nitrogens with one attached hydrogen (secondary N) is 1. The molecular formula is C23H28N2O2. The van der Waals surface area contributed by atoms with Crippen LogP contribution >= 0.6 is 0 Å². The average Bonchev–Trinajstić information content (AvgIpc) is 3.18. The van der Waals surface area contributed by atoms with Crippen LogP contribution in [0.3, 0.4) is 0 Å². The molecule has 0 radical (unpaired) electrons. The molecule has 6 aliphatic rings. The monoisotopic (exact) mass is 364 g/mol. The second-order valence-electron chi connectivity index (χ2n) is 10.8. The molecule has 7 rings (SSSR count). The van der Waals surface area contributed by atoms with E-state index in [1.54, 1.807) is 0 Å². The highest BCUT2D eigenvalue weighted by atomic mass is 16.2. The van der Waals surface area contributed by atoms with Gasteiger partial charge in [0.15, 0.2) is 0 Å². The first-order chi connectivity index (χ1) is 12.8. The quantitative estimate of drug-likeness (QED) is 0.877. The van der Waals surface area contributed by atoms with Crippen molar-refractivity contribution in [1.29, 1.82) is 0 Å². The van der Waals surface area contributed by atoms with Gasteiger partial charge in [-0.3, -0.25) is 9.59 Å². The minimum Gasteiger partial charge on any atom is -0.351 e. The zero-order chi connectivity index (χ0) is 18.8. The van der Waals surface area contributed by atoms with E-state index in [-0.39, 0.29) is 28.2 Å². The molecule has 0 aromatic heterocycles. The lowest BCUT2D eigenvalue weighted by molar-refractivity contribution is -0.141. The zero-order valence-electron chi connectivity index (χ0n) is 16.4. The van der Waals surface area contributed by atoms with E-state index in [9.17, 15) is 9.59 Å². The molecule has 6 fully saturated rings. The molecule has 1 aromatic carbocycles. The topological polar surface area (TPSA) is 49.4 Å². The van der Waals surface area contributed by atoms with Crippen molar-refractivity contribution in [1.82, 2.24) is 10.2 Å². The Morgan fingerprint density at radius 2 is 1.89 bits per heavy atom. The molecule has 2 amide bonds. The number of piperidine rings is 1. The molecule has 1 N–H and O–H groups in total. The Bertz CT molecular complexity index is 855. The Morgan fingerprint density at radius 3 is 2.44 bits per heavy atom. The van der Waals surface area contributed by atoms with Crippen molar-refractivity contribution < 1.29 is 9.59 Å². The summed E-state index contributed by atoms with van der Waals surface area (Å²) in [6.07, 6.45) is 3.24. The fourth-order valence-electron chi connectivity index (χ4n) is 6.73. The lowest BCUT2D eigenvalue weighted by atomic mass is 9.67. The molecule has 3 saturated carbocycles. The van der Waals surface area contributed by atoms with E-state index in [4.69, 9.17) is 0 Å². The first kappa shape index (κ1) is 16.1. The Balaban J connectivity index is 1.15. The van der Waals surface area contributed by atoms with Crippen molar-refractivity contribution >= 4 is 11.8 Å². The third kappa shape index (κ3) is 1.89. The molecule has 3 unspecified atom stereocenters. The molecule has 4 nitrogen and oxygen atoms in total. The van der Waals surface area contributed by atoms with E-state index >= 15 is 0 Å². The van der Waals surface area contributed by atoms with Crippen molar-refractivity contribution in [3.05, 3.63) is 35.4 Å². The molecule has 3 aliphatic heterocycles. The van der Waals surface area contributed by atoms with E-state index < -0.39 is 0 Å². The smallest absolute Gasteiger partial charge is 0.226 e. The Morgan fingerprint density at radius 1 is 1.19 bits per heavy atom. The second kappa shape index (κ2) is 4.59. The summed E-state index contributed by atoms with van der Waals surface area (Å²) in [5.41, 5.74) is 3.24. The molecule has 3 saturated heterocycles. The number of carbonyl (C=O) groups excluding carboxylic acids is 2. The van der Waals surface area contributed by atoms with Gasteiger partial charge in [-0.1, -0.05) is 45.0 Å². The maximum absolute atomic E-state index is 13.1. The van der Waals surface area contributed by atoms with Crippen LogP contribution in [0, 0.1) is 17.8 Å². The van der Waals surface area contributed by atoms with Crippen molar-refractivity contribution in [2.45, 2.75) is 68.9 Å². The summed E-state index contributed by atoms with van der Waals surface area (Å²) in [6, 6.07) is 9.64. The highest BCUT2D eigenvalue weighted by Crippen LogP contribution is 2.85. The van der Waals surface area contributed by atoms with Crippen molar-refractivity contribution in [2.24, 2.45) is 17.8 Å². The number of carbonyl (C=O) groups is 2. The van der Waals surface area contributed by atoms with Gasteiger partial charge in [0.2, 0.25) is 11.8 Å². The van der Waals surface area contributed by atoms with Crippen LogP contribution in [-0.2, 0) is 20.4 Å². The van der Waals surface area contributed by atoms with Crippen LogP contribution in [-0.4, -0.2) is 34.8 Å². The van der Waals surface area contributed by atoms with E-state index in [0.717, 1.165) is 25.8 Å². The summed E-state index contributed by atoms with van der Waals surface area (Å²) < 4.78 is 0. The molecular weight excluding hydrogens is 336 g/mol. The summed E-state index contributed by atoms with van der Waals surface area (Å²) in [5.74, 6) is 2.04. The fourth-order valence-corrected chi connectivity index (χ4v) is 6.73. The predicted molar refractivity (Wildman–Crippen MR) is 102 cm³/mol. The van der Waals surface area contributed by atoms with Gasteiger partial charge in [-0.05, 0) is 47.6 Å². The molecule has 142 valence electrons. The van der Waals surface area contributed by atoms with Crippen molar-refractivity contribution in [3.63, 3.8) is 0 Å². The molecule has 3 heterocycles. The van der Waals surface area contributed by atoms with Crippen LogP contribution in [0.5, 0.6) is 0 Å². The van der Waals surface area contributed by atoms with Gasteiger partial charge in [0, 0.05) is 35.9 Å². The Kier molecular flexibility index (Phi) is 2.74. The molecule has 27 heavy (non-hydrogen) atoms. The third-order valence-electron chi connectivity index (χ3n) is 8.33. The third-order valence-corrected chi connectivity index (χ3v) is 8.33. The number of fused-ring (bicyclic) bond motifs is 1. The number of rotatable bonds is 2. The maximum Gasteiger partial charge on any atom is 0.226 e. The largest absolute Gasteiger partial charge is 0.351 e. The highest BCUT2D eigenvalue weighted by molar-refractivity contribution is 5.86. The summed E-state index contributed by atoms with van der Waals surface area (Å²) in [5, 5.41) is 3.11. The van der Waals surface area contributed by atoms with Gasteiger partial charge >= 0.3 is 0 Å². The van der Waals surface area contributed by atoms with Gasteiger partial charge in [0.05, 0.1) is 0 Å². The molecule has 1 spiro atoms. The van der Waals surface area contributed by atoms with E-state index in [2.05, 4.69) is 55.3 Å². The van der Waals surface area contributed by atoms with Crippen LogP contribution in [0.15, 0.2) is 24.3 Å². The minimum atomic E-state index is -0.0482. The molecule has 4 heteroatoms. The van der Waals surface area contributed by atoms with Gasteiger partial charge in [0.1, 0.15) is 0 Å². The normalized spacial score (nSPS) is 43.4. The molecule has 2 bridgehead atoms. The first-order valence-corrected chi connectivity index (χ1v) is 10.5. The molecule has 1 aromatic rings. The van der Waals surface area contributed by atoms with Crippen LogP contribution < -0.4 is 5.32 Å². The highest BCUT2D eigenvalue weighted by Gasteiger charge is 2.93. The van der Waals surface area contributed by atoms with Crippen LogP contribution in [0.1, 0.15) is 57.6 Å². The Labute approximate surface area is 160 Å². The van der Waals surface area contributed by atoms with Crippen LogP contribution in [0.2, 0.25) is 0 Å². The fraction of sp³-hybridized carbons (Fsp3) is 0.652. The van der Waals surface area contributed by atoms with E-state index in [1.807, 2.05) is 0 Å². The lowest BCUT2D eigenvalue weighted by Crippen LogP contribution is -2.56. The number of benzene rings is 1. The van der Waals surface area contributed by atoms with Gasteiger partial charge < -0.3 is 10.2 Å². The van der Waals surface area contributed by atoms with Crippen LogP contribution in [0.4, 0.5) is 0 Å². The minimum absolute atomic E-state index is 0.0482. The summed E-state index contributed by atoms with van der Waals surface area (Å²) in [6.45, 7) is 7.70. The number of hydrogen-bond donors (Lipinski definition) is 1. The van der Waals surface area contributed by atoms with Gasteiger partial charge in [-0.2, -0.15) is 0 Å². The average molecular weight is 364 g/mol. The number of amides is 2. The summed E-state index contributed by atoms with van der Waals surface area (Å²) in [7, 11) is 0. The Hall–Kier alpha value is -1.84. The van der Waals surface area contributed by atoms with Gasteiger partial charge in [-0.25, -0.2) is 0 Å². The van der Waals surface area contributed by atoms with Gasteiger partial charge in [-0.15, -0.1) is 0 Å². The number of nitrogens with zero attached hydrogens (tertiary/aromatic N) is 1. The maximum atomic E-state index is 13.1. The summed E-state index contributed by atoms with van der Waals surface area (Å²) >= 11 is 0. The molecule has 3 aliphatic carbocycles. The van der Waals surface area contributed by atoms with Crippen molar-refractivity contribution in [3.8, 4) is 0 Å². The SMILES string of the molecule is CC(C)(C)c1ccc([C@@]23C4CN(C(=O)[C@H]5C[C@]6(CCC(=O)N6)C5)C2C43)cc1. The second-order valence-corrected chi connectivity index (χ2v) is 10.8. The van der Waals surface area contributed by atoms with Gasteiger partial charge in [0.25, 0.3) is 0 Å². The zero-order valence-corrected chi connectivity index (χ0v) is 16.4. The standard InChI is InChI=1S/C23H28N2O2/c1-21(2,3)14-4-6-15(7-5-14)23-16-12-25(19(23)18(16)23)20(27)13-10-22(11-13)9-8-17(26)24-22/h4-7,13,16,18-19H,8-12H2,1-3H3,(H,24,26)/t13-,16?,18?,19?,22+,23-/m0/s1. The molecule has 4 atom stereocenters. The van der Waals surface area contributed by atoms with Crippen molar-refractivity contribution in [2.75, 3.05) is 6.54 Å². The lowest BCUT2D eigenvalue weighted by Gasteiger charge is -2.45. The summed E-state index contributed by atoms with van der Waals surface area (Å²) in [4.78, 5) is 26.8. The van der Waals surface area contributed by atoms with E-state index in [0.29, 0.717) is 30.2 Å². The number of hydrogen-bond acceptors (Lipinski definition) is 2.